The van der Waals surface area contributed by atoms with Crippen LogP contribution in [0, 0.1) is 0 Å². The van der Waals surface area contributed by atoms with E-state index in [1.54, 1.807) is 24.5 Å². The maximum atomic E-state index is 11.5. The molecule has 0 amide bonds. The molecule has 0 saturated carbocycles. The third-order valence-corrected chi connectivity index (χ3v) is 2.86. The predicted octanol–water partition coefficient (Wildman–Crippen LogP) is 2.64. The van der Waals surface area contributed by atoms with Crippen molar-refractivity contribution >= 4 is 5.69 Å². The summed E-state index contributed by atoms with van der Waals surface area (Å²) in [6.07, 6.45) is 3.27. The molecular formula is C15H13N3O2. The summed E-state index contributed by atoms with van der Waals surface area (Å²) in [4.78, 5) is 18.3. The highest BCUT2D eigenvalue weighted by Gasteiger charge is 2.06. The molecule has 0 spiro atoms. The van der Waals surface area contributed by atoms with Crippen molar-refractivity contribution in [2.45, 2.75) is 6.54 Å². The van der Waals surface area contributed by atoms with E-state index in [4.69, 9.17) is 4.42 Å². The van der Waals surface area contributed by atoms with Crippen LogP contribution >= 0.6 is 0 Å². The molecule has 0 aliphatic carbocycles. The topological polar surface area (TPSA) is 70.9 Å². The fourth-order valence-electron chi connectivity index (χ4n) is 1.86. The Kier molecular flexibility index (Phi) is 3.33. The fourth-order valence-corrected chi connectivity index (χ4v) is 1.86. The SMILES string of the molecule is O=c1[nH]cccc1NCc1ncc(-c2ccccc2)o1. The zero-order valence-electron chi connectivity index (χ0n) is 10.7. The molecule has 0 unspecified atom stereocenters. The Bertz CT molecular complexity index is 747. The molecule has 0 aliphatic rings. The van der Waals surface area contributed by atoms with Crippen LogP contribution in [0.2, 0.25) is 0 Å². The number of oxazole rings is 1. The molecule has 2 heterocycles. The third kappa shape index (κ3) is 2.61. The summed E-state index contributed by atoms with van der Waals surface area (Å²) in [5, 5.41) is 2.99. The largest absolute Gasteiger partial charge is 0.439 e. The molecule has 5 nitrogen and oxygen atoms in total. The molecule has 3 rings (SSSR count). The minimum absolute atomic E-state index is 0.165. The second-order valence-corrected chi connectivity index (χ2v) is 4.25. The number of aromatic nitrogens is 2. The van der Waals surface area contributed by atoms with Gasteiger partial charge in [-0.05, 0) is 12.1 Å². The van der Waals surface area contributed by atoms with E-state index in [-0.39, 0.29) is 5.56 Å². The molecule has 0 atom stereocenters. The monoisotopic (exact) mass is 267 g/mol. The highest BCUT2D eigenvalue weighted by atomic mass is 16.4. The van der Waals surface area contributed by atoms with Gasteiger partial charge in [0.2, 0.25) is 5.89 Å². The molecule has 100 valence electrons. The average molecular weight is 267 g/mol. The van der Waals surface area contributed by atoms with Gasteiger partial charge in [-0.3, -0.25) is 4.79 Å². The maximum Gasteiger partial charge on any atom is 0.271 e. The van der Waals surface area contributed by atoms with Crippen molar-refractivity contribution in [3.8, 4) is 11.3 Å². The summed E-state index contributed by atoms with van der Waals surface area (Å²) in [5.41, 5.74) is 1.30. The van der Waals surface area contributed by atoms with E-state index in [1.807, 2.05) is 30.3 Å². The Balaban J connectivity index is 1.72. The number of hydrogen-bond donors (Lipinski definition) is 2. The zero-order valence-corrected chi connectivity index (χ0v) is 10.7. The summed E-state index contributed by atoms with van der Waals surface area (Å²) in [5.74, 6) is 1.25. The Morgan fingerprint density at radius 1 is 1.15 bits per heavy atom. The number of anilines is 1. The van der Waals surface area contributed by atoms with Gasteiger partial charge in [-0.2, -0.15) is 0 Å². The lowest BCUT2D eigenvalue weighted by Crippen LogP contribution is -2.12. The summed E-state index contributed by atoms with van der Waals surface area (Å²) < 4.78 is 5.65. The molecule has 2 N–H and O–H groups in total. The van der Waals surface area contributed by atoms with Crippen molar-refractivity contribution in [3.63, 3.8) is 0 Å². The standard InChI is InChI=1S/C15H13N3O2/c19-15-12(7-4-8-16-15)17-10-14-18-9-13(20-14)11-5-2-1-3-6-11/h1-9,17H,10H2,(H,16,19). The Hall–Kier alpha value is -2.82. The van der Waals surface area contributed by atoms with Crippen molar-refractivity contribution < 1.29 is 4.42 Å². The number of H-pyrrole nitrogens is 1. The summed E-state index contributed by atoms with van der Waals surface area (Å²) >= 11 is 0. The van der Waals surface area contributed by atoms with E-state index >= 15 is 0 Å². The van der Waals surface area contributed by atoms with Gasteiger partial charge in [-0.25, -0.2) is 4.98 Å². The second kappa shape index (κ2) is 5.44. The Morgan fingerprint density at radius 2 is 2.00 bits per heavy atom. The molecule has 0 fully saturated rings. The summed E-state index contributed by atoms with van der Waals surface area (Å²) in [7, 11) is 0. The first-order chi connectivity index (χ1) is 9.83. The molecule has 0 radical (unpaired) electrons. The van der Waals surface area contributed by atoms with Crippen LogP contribution in [0.5, 0.6) is 0 Å². The van der Waals surface area contributed by atoms with Crippen LogP contribution < -0.4 is 10.9 Å². The second-order valence-electron chi connectivity index (χ2n) is 4.25. The molecular weight excluding hydrogens is 254 g/mol. The Labute approximate surface area is 115 Å². The molecule has 20 heavy (non-hydrogen) atoms. The normalized spacial score (nSPS) is 10.4. The number of hydrogen-bond acceptors (Lipinski definition) is 4. The van der Waals surface area contributed by atoms with Gasteiger partial charge < -0.3 is 14.7 Å². The van der Waals surface area contributed by atoms with Crippen LogP contribution in [0.4, 0.5) is 5.69 Å². The van der Waals surface area contributed by atoms with E-state index in [1.165, 1.54) is 0 Å². The minimum atomic E-state index is -0.165. The van der Waals surface area contributed by atoms with E-state index < -0.39 is 0 Å². The van der Waals surface area contributed by atoms with E-state index in [2.05, 4.69) is 15.3 Å². The molecule has 3 aromatic rings. The van der Waals surface area contributed by atoms with Crippen LogP contribution in [0.25, 0.3) is 11.3 Å². The third-order valence-electron chi connectivity index (χ3n) is 2.86. The van der Waals surface area contributed by atoms with Gasteiger partial charge in [-0.15, -0.1) is 0 Å². The van der Waals surface area contributed by atoms with Crippen molar-refractivity contribution in [2.75, 3.05) is 5.32 Å². The molecule has 0 aliphatic heterocycles. The van der Waals surface area contributed by atoms with Crippen molar-refractivity contribution in [3.05, 3.63) is 71.1 Å². The zero-order chi connectivity index (χ0) is 13.8. The number of benzene rings is 1. The maximum absolute atomic E-state index is 11.5. The number of pyridine rings is 1. The smallest absolute Gasteiger partial charge is 0.271 e. The highest BCUT2D eigenvalue weighted by molar-refractivity contribution is 5.55. The van der Waals surface area contributed by atoms with E-state index in [0.29, 0.717) is 23.9 Å². The van der Waals surface area contributed by atoms with Gasteiger partial charge in [0.05, 0.1) is 12.7 Å². The van der Waals surface area contributed by atoms with Crippen LogP contribution in [0.1, 0.15) is 5.89 Å². The van der Waals surface area contributed by atoms with Crippen LogP contribution in [-0.2, 0) is 6.54 Å². The van der Waals surface area contributed by atoms with E-state index in [0.717, 1.165) is 5.56 Å². The van der Waals surface area contributed by atoms with Crippen molar-refractivity contribution in [1.29, 1.82) is 0 Å². The number of nitrogens with one attached hydrogen (secondary N) is 2. The molecule has 2 aromatic heterocycles. The van der Waals surface area contributed by atoms with Gasteiger partial charge in [0.25, 0.3) is 5.56 Å². The summed E-state index contributed by atoms with van der Waals surface area (Å²) in [6.45, 7) is 0.361. The van der Waals surface area contributed by atoms with Gasteiger partial charge >= 0.3 is 0 Å². The van der Waals surface area contributed by atoms with E-state index in [9.17, 15) is 4.79 Å². The van der Waals surface area contributed by atoms with Gasteiger partial charge in [-0.1, -0.05) is 30.3 Å². The first-order valence-electron chi connectivity index (χ1n) is 6.24. The quantitative estimate of drug-likeness (QED) is 0.762. The summed E-state index contributed by atoms with van der Waals surface area (Å²) in [6, 6.07) is 13.2. The number of rotatable bonds is 4. The molecule has 5 heteroatoms. The first-order valence-corrected chi connectivity index (χ1v) is 6.24. The number of aromatic amines is 1. The molecule has 0 bridgehead atoms. The number of nitrogens with zero attached hydrogens (tertiary/aromatic N) is 1. The van der Waals surface area contributed by atoms with Gasteiger partial charge in [0, 0.05) is 11.8 Å². The predicted molar refractivity (Wildman–Crippen MR) is 76.3 cm³/mol. The molecule has 1 aromatic carbocycles. The van der Waals surface area contributed by atoms with Crippen LogP contribution in [0.3, 0.4) is 0 Å². The lowest BCUT2D eigenvalue weighted by atomic mass is 10.2. The van der Waals surface area contributed by atoms with Crippen molar-refractivity contribution in [2.24, 2.45) is 0 Å². The average Bonchev–Trinajstić information content (AvgIpc) is 2.96. The fraction of sp³-hybridized carbons (Fsp3) is 0.0667. The van der Waals surface area contributed by atoms with Crippen LogP contribution in [0.15, 0.2) is 64.1 Å². The van der Waals surface area contributed by atoms with Crippen LogP contribution in [-0.4, -0.2) is 9.97 Å². The molecule has 0 saturated heterocycles. The lowest BCUT2D eigenvalue weighted by Gasteiger charge is -2.01. The van der Waals surface area contributed by atoms with Gasteiger partial charge in [0.15, 0.2) is 5.76 Å². The first kappa shape index (κ1) is 12.2. The Morgan fingerprint density at radius 3 is 2.80 bits per heavy atom. The van der Waals surface area contributed by atoms with Crippen molar-refractivity contribution in [1.82, 2.24) is 9.97 Å². The lowest BCUT2D eigenvalue weighted by molar-refractivity contribution is 0.516. The highest BCUT2D eigenvalue weighted by Crippen LogP contribution is 2.19. The van der Waals surface area contributed by atoms with Gasteiger partial charge in [0.1, 0.15) is 5.69 Å². The minimum Gasteiger partial charge on any atom is -0.439 e.